The summed E-state index contributed by atoms with van der Waals surface area (Å²) < 4.78 is 0. The van der Waals surface area contributed by atoms with Gasteiger partial charge in [0.15, 0.2) is 0 Å². The molecule has 0 amide bonds. The predicted octanol–water partition coefficient (Wildman–Crippen LogP) is 3.22. The molecule has 0 spiro atoms. The van der Waals surface area contributed by atoms with Crippen molar-refractivity contribution in [1.29, 1.82) is 5.26 Å². The standard InChI is InChI=1S/C18H27N3/c1-14(2)20-12-18-6-4-5-9-21(18)13-17-8-7-16(11-19)10-15(17)3/h7-8,10,14,18,20H,4-6,9,12-13H2,1-3H3. The first-order valence-electron chi connectivity index (χ1n) is 8.07. The molecule has 1 unspecified atom stereocenters. The molecule has 3 heteroatoms. The van der Waals surface area contributed by atoms with Crippen LogP contribution in [0.2, 0.25) is 0 Å². The second-order valence-corrected chi connectivity index (χ2v) is 6.44. The van der Waals surface area contributed by atoms with Crippen LogP contribution >= 0.6 is 0 Å². The van der Waals surface area contributed by atoms with Gasteiger partial charge in [0, 0.05) is 25.2 Å². The van der Waals surface area contributed by atoms with E-state index >= 15 is 0 Å². The van der Waals surface area contributed by atoms with Gasteiger partial charge >= 0.3 is 0 Å². The number of nitrogens with one attached hydrogen (secondary N) is 1. The second-order valence-electron chi connectivity index (χ2n) is 6.44. The fraction of sp³-hybridized carbons (Fsp3) is 0.611. The largest absolute Gasteiger partial charge is 0.313 e. The number of nitriles is 1. The van der Waals surface area contributed by atoms with Crippen LogP contribution in [0.1, 0.15) is 49.8 Å². The molecule has 1 aromatic carbocycles. The van der Waals surface area contributed by atoms with Crippen LogP contribution in [0.4, 0.5) is 0 Å². The number of piperidine rings is 1. The third-order valence-corrected chi connectivity index (χ3v) is 4.36. The number of benzene rings is 1. The smallest absolute Gasteiger partial charge is 0.0991 e. The van der Waals surface area contributed by atoms with Gasteiger partial charge in [-0.05, 0) is 49.6 Å². The van der Waals surface area contributed by atoms with E-state index in [1.807, 2.05) is 12.1 Å². The van der Waals surface area contributed by atoms with Crippen molar-refractivity contribution in [1.82, 2.24) is 10.2 Å². The minimum Gasteiger partial charge on any atom is -0.313 e. The average molecular weight is 285 g/mol. The van der Waals surface area contributed by atoms with Crippen molar-refractivity contribution in [3.63, 3.8) is 0 Å². The molecular formula is C18H27N3. The van der Waals surface area contributed by atoms with Gasteiger partial charge in [-0.15, -0.1) is 0 Å². The highest BCUT2D eigenvalue weighted by molar-refractivity contribution is 5.37. The summed E-state index contributed by atoms with van der Waals surface area (Å²) in [7, 11) is 0. The Morgan fingerprint density at radius 3 is 2.86 bits per heavy atom. The van der Waals surface area contributed by atoms with Gasteiger partial charge < -0.3 is 5.32 Å². The van der Waals surface area contributed by atoms with E-state index in [4.69, 9.17) is 5.26 Å². The van der Waals surface area contributed by atoms with Gasteiger partial charge in [-0.3, -0.25) is 4.90 Å². The fourth-order valence-corrected chi connectivity index (χ4v) is 3.03. The summed E-state index contributed by atoms with van der Waals surface area (Å²) in [5.74, 6) is 0. The van der Waals surface area contributed by atoms with Crippen LogP contribution in [-0.2, 0) is 6.54 Å². The molecule has 0 bridgehead atoms. The van der Waals surface area contributed by atoms with E-state index in [0.717, 1.165) is 18.7 Å². The van der Waals surface area contributed by atoms with Crippen molar-refractivity contribution < 1.29 is 0 Å². The maximum atomic E-state index is 8.97. The first-order chi connectivity index (χ1) is 10.1. The Hall–Kier alpha value is -1.37. The Bertz CT molecular complexity index is 502. The average Bonchev–Trinajstić information content (AvgIpc) is 2.48. The highest BCUT2D eigenvalue weighted by Gasteiger charge is 2.22. The summed E-state index contributed by atoms with van der Waals surface area (Å²) >= 11 is 0. The SMILES string of the molecule is Cc1cc(C#N)ccc1CN1CCCCC1CNC(C)C. The van der Waals surface area contributed by atoms with E-state index in [0.29, 0.717) is 12.1 Å². The molecule has 1 saturated heterocycles. The lowest BCUT2D eigenvalue weighted by atomic mass is 9.99. The molecule has 1 N–H and O–H groups in total. The number of hydrogen-bond acceptors (Lipinski definition) is 3. The van der Waals surface area contributed by atoms with Gasteiger partial charge in [0.1, 0.15) is 0 Å². The van der Waals surface area contributed by atoms with Crippen LogP contribution in [0.25, 0.3) is 0 Å². The number of aryl methyl sites for hydroxylation is 1. The molecule has 1 aliphatic rings. The van der Waals surface area contributed by atoms with E-state index in [9.17, 15) is 0 Å². The van der Waals surface area contributed by atoms with Crippen molar-refractivity contribution >= 4 is 0 Å². The van der Waals surface area contributed by atoms with Crippen molar-refractivity contribution in [3.8, 4) is 6.07 Å². The molecule has 1 atom stereocenters. The molecule has 2 rings (SSSR count). The number of nitrogens with zero attached hydrogens (tertiary/aromatic N) is 2. The minimum absolute atomic E-state index is 0.547. The highest BCUT2D eigenvalue weighted by Crippen LogP contribution is 2.21. The molecule has 0 aliphatic carbocycles. The van der Waals surface area contributed by atoms with Gasteiger partial charge in [-0.2, -0.15) is 5.26 Å². The minimum atomic E-state index is 0.547. The molecule has 114 valence electrons. The van der Waals surface area contributed by atoms with E-state index in [1.165, 1.54) is 36.9 Å². The van der Waals surface area contributed by atoms with E-state index in [1.54, 1.807) is 0 Å². The molecule has 1 aliphatic heterocycles. The van der Waals surface area contributed by atoms with Crippen molar-refractivity contribution in [2.45, 2.75) is 58.7 Å². The van der Waals surface area contributed by atoms with Crippen LogP contribution in [-0.4, -0.2) is 30.1 Å². The molecule has 21 heavy (non-hydrogen) atoms. The Labute approximate surface area is 129 Å². The van der Waals surface area contributed by atoms with Gasteiger partial charge in [0.25, 0.3) is 0 Å². The van der Waals surface area contributed by atoms with Gasteiger partial charge in [0.2, 0.25) is 0 Å². The maximum absolute atomic E-state index is 8.97. The Morgan fingerprint density at radius 1 is 1.38 bits per heavy atom. The zero-order valence-electron chi connectivity index (χ0n) is 13.5. The predicted molar refractivity (Wildman–Crippen MR) is 87.1 cm³/mol. The summed E-state index contributed by atoms with van der Waals surface area (Å²) in [5.41, 5.74) is 3.34. The molecule has 0 aromatic heterocycles. The highest BCUT2D eigenvalue weighted by atomic mass is 15.2. The second kappa shape index (κ2) is 7.59. The Balaban J connectivity index is 2.03. The molecule has 1 fully saturated rings. The van der Waals surface area contributed by atoms with Gasteiger partial charge in [-0.1, -0.05) is 26.3 Å². The normalized spacial score (nSPS) is 19.7. The molecule has 0 radical (unpaired) electrons. The number of rotatable bonds is 5. The molecule has 3 nitrogen and oxygen atoms in total. The Kier molecular flexibility index (Phi) is 5.78. The summed E-state index contributed by atoms with van der Waals surface area (Å²) in [6.45, 7) is 9.79. The van der Waals surface area contributed by atoms with Crippen molar-refractivity contribution in [2.75, 3.05) is 13.1 Å². The molecule has 1 heterocycles. The van der Waals surface area contributed by atoms with Gasteiger partial charge in [-0.25, -0.2) is 0 Å². The first kappa shape index (κ1) is 16.0. The van der Waals surface area contributed by atoms with Crippen LogP contribution < -0.4 is 5.32 Å². The van der Waals surface area contributed by atoms with Crippen LogP contribution in [0.3, 0.4) is 0 Å². The quantitative estimate of drug-likeness (QED) is 0.903. The number of hydrogen-bond donors (Lipinski definition) is 1. The van der Waals surface area contributed by atoms with Crippen LogP contribution in [0, 0.1) is 18.3 Å². The number of likely N-dealkylation sites (tertiary alicyclic amines) is 1. The third-order valence-electron chi connectivity index (χ3n) is 4.36. The van der Waals surface area contributed by atoms with E-state index in [-0.39, 0.29) is 0 Å². The third kappa shape index (κ3) is 4.56. The van der Waals surface area contributed by atoms with Crippen LogP contribution in [0.15, 0.2) is 18.2 Å². The molecular weight excluding hydrogens is 258 g/mol. The van der Waals surface area contributed by atoms with Crippen LogP contribution in [0.5, 0.6) is 0 Å². The lowest BCUT2D eigenvalue weighted by Crippen LogP contribution is -2.46. The zero-order valence-corrected chi connectivity index (χ0v) is 13.5. The topological polar surface area (TPSA) is 39.1 Å². The monoisotopic (exact) mass is 285 g/mol. The Morgan fingerprint density at radius 2 is 2.19 bits per heavy atom. The summed E-state index contributed by atoms with van der Waals surface area (Å²) in [6.07, 6.45) is 3.93. The summed E-state index contributed by atoms with van der Waals surface area (Å²) in [4.78, 5) is 2.60. The molecule has 0 saturated carbocycles. The summed E-state index contributed by atoms with van der Waals surface area (Å²) in [6, 6.07) is 9.46. The van der Waals surface area contributed by atoms with Crippen molar-refractivity contribution in [2.24, 2.45) is 0 Å². The fourth-order valence-electron chi connectivity index (χ4n) is 3.03. The summed E-state index contributed by atoms with van der Waals surface area (Å²) in [5, 5.41) is 12.5. The van der Waals surface area contributed by atoms with Crippen molar-refractivity contribution in [3.05, 3.63) is 34.9 Å². The lowest BCUT2D eigenvalue weighted by molar-refractivity contribution is 0.135. The van der Waals surface area contributed by atoms with E-state index in [2.05, 4.69) is 43.1 Å². The van der Waals surface area contributed by atoms with E-state index < -0.39 is 0 Å². The first-order valence-corrected chi connectivity index (χ1v) is 8.07. The molecule has 1 aromatic rings. The zero-order chi connectivity index (χ0) is 15.2. The maximum Gasteiger partial charge on any atom is 0.0991 e. The lowest BCUT2D eigenvalue weighted by Gasteiger charge is -2.36. The van der Waals surface area contributed by atoms with Gasteiger partial charge in [0.05, 0.1) is 11.6 Å².